The molecule has 1 fully saturated rings. The molecule has 8 nitrogen and oxygen atoms in total. The quantitative estimate of drug-likeness (QED) is 0.685. The molecule has 1 aromatic carbocycles. The zero-order valence-electron chi connectivity index (χ0n) is 13.6. The van der Waals surface area contributed by atoms with Crippen molar-refractivity contribution >= 4 is 29.5 Å². The van der Waals surface area contributed by atoms with Gasteiger partial charge in [-0.1, -0.05) is 0 Å². The van der Waals surface area contributed by atoms with Crippen molar-refractivity contribution in [2.75, 3.05) is 10.6 Å². The molecule has 128 valence electrons. The fourth-order valence-corrected chi connectivity index (χ4v) is 2.55. The van der Waals surface area contributed by atoms with E-state index in [1.807, 2.05) is 6.07 Å². The smallest absolute Gasteiger partial charge is 0.256 e. The molecule has 0 spiro atoms. The second kappa shape index (κ2) is 6.29. The largest absolute Gasteiger partial charge is 0.367 e. The van der Waals surface area contributed by atoms with Gasteiger partial charge in [-0.2, -0.15) is 14.9 Å². The van der Waals surface area contributed by atoms with Crippen LogP contribution in [0.3, 0.4) is 0 Å². The number of hydrogen-bond donors (Lipinski definition) is 2. The lowest BCUT2D eigenvalue weighted by atomic mass is 10.1. The lowest BCUT2D eigenvalue weighted by molar-refractivity contribution is 0.102. The van der Waals surface area contributed by atoms with Crippen molar-refractivity contribution in [1.29, 1.82) is 5.26 Å². The third-order valence-corrected chi connectivity index (χ3v) is 4.07. The number of aldehydes is 1. The van der Waals surface area contributed by atoms with E-state index in [2.05, 4.69) is 20.7 Å². The molecule has 0 bridgehead atoms. The summed E-state index contributed by atoms with van der Waals surface area (Å²) in [6.07, 6.45) is 4.26. The molecule has 1 amide bonds. The molecule has 3 aromatic rings. The topological polar surface area (TPSA) is 112 Å². The van der Waals surface area contributed by atoms with Gasteiger partial charge in [0.2, 0.25) is 0 Å². The SMILES string of the molecule is N#Cc1ccc(C(=O)Nc2cc(NC3CC3)n3ncc(C=O)c3n2)cc1. The Bertz CT molecular complexity index is 1040. The van der Waals surface area contributed by atoms with Gasteiger partial charge in [0.15, 0.2) is 11.9 Å². The van der Waals surface area contributed by atoms with Crippen LogP contribution in [-0.2, 0) is 0 Å². The van der Waals surface area contributed by atoms with Gasteiger partial charge in [-0.3, -0.25) is 9.59 Å². The number of aromatic nitrogens is 3. The summed E-state index contributed by atoms with van der Waals surface area (Å²) < 4.78 is 1.55. The average molecular weight is 346 g/mol. The van der Waals surface area contributed by atoms with Crippen LogP contribution in [0.4, 0.5) is 11.6 Å². The molecule has 2 N–H and O–H groups in total. The first kappa shape index (κ1) is 15.8. The first-order chi connectivity index (χ1) is 12.7. The number of nitriles is 1. The Morgan fingerprint density at radius 2 is 2.08 bits per heavy atom. The van der Waals surface area contributed by atoms with Crippen LogP contribution in [0.2, 0.25) is 0 Å². The fraction of sp³-hybridized carbons (Fsp3) is 0.167. The Kier molecular flexibility index (Phi) is 3.82. The minimum absolute atomic E-state index is 0.318. The van der Waals surface area contributed by atoms with E-state index in [9.17, 15) is 9.59 Å². The van der Waals surface area contributed by atoms with Crippen molar-refractivity contribution in [3.05, 3.63) is 53.2 Å². The molecular formula is C18H14N6O2. The van der Waals surface area contributed by atoms with Gasteiger partial charge in [0.25, 0.3) is 5.91 Å². The highest BCUT2D eigenvalue weighted by molar-refractivity contribution is 6.04. The number of nitrogens with one attached hydrogen (secondary N) is 2. The first-order valence-corrected chi connectivity index (χ1v) is 8.10. The molecule has 26 heavy (non-hydrogen) atoms. The number of carbonyl (C=O) groups is 2. The number of fused-ring (bicyclic) bond motifs is 1. The minimum Gasteiger partial charge on any atom is -0.367 e. The van der Waals surface area contributed by atoms with Crippen LogP contribution in [0.15, 0.2) is 36.5 Å². The highest BCUT2D eigenvalue weighted by Gasteiger charge is 2.23. The molecule has 0 unspecified atom stereocenters. The van der Waals surface area contributed by atoms with Gasteiger partial charge >= 0.3 is 0 Å². The van der Waals surface area contributed by atoms with Crippen LogP contribution in [0.1, 0.15) is 39.1 Å². The average Bonchev–Trinajstić information content (AvgIpc) is 3.38. The van der Waals surface area contributed by atoms with Gasteiger partial charge in [-0.15, -0.1) is 0 Å². The van der Waals surface area contributed by atoms with Crippen molar-refractivity contribution in [1.82, 2.24) is 14.6 Å². The van der Waals surface area contributed by atoms with E-state index in [4.69, 9.17) is 5.26 Å². The molecule has 1 aliphatic rings. The van der Waals surface area contributed by atoms with Crippen LogP contribution in [0, 0.1) is 11.3 Å². The van der Waals surface area contributed by atoms with Gasteiger partial charge in [0.05, 0.1) is 23.4 Å². The third kappa shape index (κ3) is 2.98. The van der Waals surface area contributed by atoms with E-state index in [-0.39, 0.29) is 5.91 Å². The molecule has 0 aliphatic heterocycles. The highest BCUT2D eigenvalue weighted by Crippen LogP contribution is 2.26. The lowest BCUT2D eigenvalue weighted by Crippen LogP contribution is -2.15. The first-order valence-electron chi connectivity index (χ1n) is 8.10. The lowest BCUT2D eigenvalue weighted by Gasteiger charge is -2.11. The monoisotopic (exact) mass is 346 g/mol. The summed E-state index contributed by atoms with van der Waals surface area (Å²) in [5.41, 5.74) is 1.61. The molecule has 2 heterocycles. The molecule has 0 radical (unpaired) electrons. The summed E-state index contributed by atoms with van der Waals surface area (Å²) in [5.74, 6) is 0.634. The standard InChI is InChI=1S/C18H14N6O2/c19-8-11-1-3-12(4-2-11)18(26)23-15-7-16(21-14-5-6-14)24-17(22-15)13(10-25)9-20-24/h1-4,7,9-10,14,21H,5-6H2,(H,22,23,26). The summed E-state index contributed by atoms with van der Waals surface area (Å²) in [7, 11) is 0. The molecule has 1 aliphatic carbocycles. The maximum absolute atomic E-state index is 12.4. The molecule has 4 rings (SSSR count). The van der Waals surface area contributed by atoms with Gasteiger partial charge in [-0.25, -0.2) is 4.98 Å². The van der Waals surface area contributed by atoms with Crippen molar-refractivity contribution < 1.29 is 9.59 Å². The third-order valence-electron chi connectivity index (χ3n) is 4.07. The van der Waals surface area contributed by atoms with E-state index in [1.54, 1.807) is 34.8 Å². The van der Waals surface area contributed by atoms with Crippen LogP contribution in [-0.4, -0.2) is 32.8 Å². The van der Waals surface area contributed by atoms with Crippen molar-refractivity contribution in [3.8, 4) is 6.07 Å². The maximum Gasteiger partial charge on any atom is 0.256 e. The normalized spacial score (nSPS) is 13.2. The number of anilines is 2. The maximum atomic E-state index is 12.4. The van der Waals surface area contributed by atoms with E-state index in [1.165, 1.54) is 6.20 Å². The number of amides is 1. The van der Waals surface area contributed by atoms with Crippen LogP contribution < -0.4 is 10.6 Å². The number of benzene rings is 1. The Morgan fingerprint density at radius 1 is 1.31 bits per heavy atom. The highest BCUT2D eigenvalue weighted by atomic mass is 16.1. The Morgan fingerprint density at radius 3 is 2.73 bits per heavy atom. The molecule has 0 saturated heterocycles. The number of carbonyl (C=O) groups excluding carboxylic acids is 2. The van der Waals surface area contributed by atoms with Gasteiger partial charge < -0.3 is 10.6 Å². The number of nitrogens with zero attached hydrogens (tertiary/aromatic N) is 4. The summed E-state index contributed by atoms with van der Waals surface area (Å²) in [4.78, 5) is 28.0. The van der Waals surface area contributed by atoms with Gasteiger partial charge in [0, 0.05) is 17.7 Å². The van der Waals surface area contributed by atoms with E-state index in [0.717, 1.165) is 12.8 Å². The minimum atomic E-state index is -0.351. The van der Waals surface area contributed by atoms with Crippen LogP contribution in [0.25, 0.3) is 5.65 Å². The summed E-state index contributed by atoms with van der Waals surface area (Å²) >= 11 is 0. The van der Waals surface area contributed by atoms with Crippen molar-refractivity contribution in [2.45, 2.75) is 18.9 Å². The Balaban J connectivity index is 1.67. The summed E-state index contributed by atoms with van der Waals surface area (Å²) in [6, 6.07) is 10.4. The molecular weight excluding hydrogens is 332 g/mol. The zero-order valence-corrected chi connectivity index (χ0v) is 13.6. The summed E-state index contributed by atoms with van der Waals surface area (Å²) in [5, 5.41) is 19.1. The second-order valence-corrected chi connectivity index (χ2v) is 6.04. The number of rotatable bonds is 5. The van der Waals surface area contributed by atoms with Gasteiger partial charge in [-0.05, 0) is 37.1 Å². The van der Waals surface area contributed by atoms with E-state index >= 15 is 0 Å². The molecule has 0 atom stereocenters. The second-order valence-electron chi connectivity index (χ2n) is 6.04. The predicted octanol–water partition coefficient (Wildman–Crippen LogP) is 2.24. The number of hydrogen-bond acceptors (Lipinski definition) is 6. The van der Waals surface area contributed by atoms with E-state index < -0.39 is 0 Å². The molecule has 1 saturated carbocycles. The van der Waals surface area contributed by atoms with Gasteiger partial charge in [0.1, 0.15) is 11.6 Å². The Hall–Kier alpha value is -3.73. The van der Waals surface area contributed by atoms with Crippen LogP contribution in [0.5, 0.6) is 0 Å². The summed E-state index contributed by atoms with van der Waals surface area (Å²) in [6.45, 7) is 0. The van der Waals surface area contributed by atoms with Crippen molar-refractivity contribution in [3.63, 3.8) is 0 Å². The van der Waals surface area contributed by atoms with Crippen molar-refractivity contribution in [2.24, 2.45) is 0 Å². The zero-order chi connectivity index (χ0) is 18.1. The molecule has 2 aromatic heterocycles. The van der Waals surface area contributed by atoms with E-state index in [0.29, 0.717) is 46.3 Å². The predicted molar refractivity (Wildman–Crippen MR) is 94.1 cm³/mol. The Labute approximate surface area is 148 Å². The fourth-order valence-electron chi connectivity index (χ4n) is 2.55. The van der Waals surface area contributed by atoms with Crippen LogP contribution >= 0.6 is 0 Å². The molecule has 8 heteroatoms.